The van der Waals surface area contributed by atoms with Crippen molar-refractivity contribution in [2.24, 2.45) is 0 Å². The van der Waals surface area contributed by atoms with Crippen molar-refractivity contribution < 1.29 is 27.1 Å². The van der Waals surface area contributed by atoms with Gasteiger partial charge < -0.3 is 15.4 Å². The minimum atomic E-state index is -3.71. The summed E-state index contributed by atoms with van der Waals surface area (Å²) in [5, 5.41) is 5.22. The van der Waals surface area contributed by atoms with E-state index in [0.29, 0.717) is 18.8 Å². The number of nitrogens with zero attached hydrogens (tertiary/aromatic N) is 1. The number of sulfonamides is 1. The zero-order valence-electron chi connectivity index (χ0n) is 17.1. The number of hydrogen-bond donors (Lipinski definition) is 2. The molecule has 2 aromatic carbocycles. The van der Waals surface area contributed by atoms with Crippen LogP contribution in [0.5, 0.6) is 0 Å². The molecule has 1 saturated heterocycles. The van der Waals surface area contributed by atoms with Gasteiger partial charge in [-0.2, -0.15) is 4.31 Å². The Morgan fingerprint density at radius 2 is 1.61 bits per heavy atom. The number of halogens is 1. The number of amides is 2. The van der Waals surface area contributed by atoms with Gasteiger partial charge in [-0.15, -0.1) is 0 Å². The van der Waals surface area contributed by atoms with E-state index in [4.69, 9.17) is 4.74 Å². The fourth-order valence-corrected chi connectivity index (χ4v) is 4.48. The van der Waals surface area contributed by atoms with Gasteiger partial charge in [0, 0.05) is 37.3 Å². The van der Waals surface area contributed by atoms with Crippen molar-refractivity contribution in [2.45, 2.75) is 11.8 Å². The lowest BCUT2D eigenvalue weighted by Crippen LogP contribution is -2.40. The quantitative estimate of drug-likeness (QED) is 0.621. The lowest BCUT2D eigenvalue weighted by molar-refractivity contribution is 0.0730. The first-order chi connectivity index (χ1) is 14.8. The molecule has 8 nitrogen and oxygen atoms in total. The third-order valence-corrected chi connectivity index (χ3v) is 6.73. The van der Waals surface area contributed by atoms with Crippen molar-refractivity contribution in [2.75, 3.05) is 39.4 Å². The molecule has 0 saturated carbocycles. The van der Waals surface area contributed by atoms with Gasteiger partial charge in [-0.25, -0.2) is 12.8 Å². The molecule has 0 spiro atoms. The monoisotopic (exact) mass is 449 g/mol. The molecule has 3 rings (SSSR count). The third kappa shape index (κ3) is 5.66. The summed E-state index contributed by atoms with van der Waals surface area (Å²) in [6.07, 6.45) is 0. The van der Waals surface area contributed by atoms with E-state index in [-0.39, 0.29) is 42.2 Å². The van der Waals surface area contributed by atoms with Gasteiger partial charge in [0.25, 0.3) is 11.8 Å². The number of ether oxygens (including phenoxy) is 1. The van der Waals surface area contributed by atoms with Crippen LogP contribution < -0.4 is 10.6 Å². The van der Waals surface area contributed by atoms with Gasteiger partial charge >= 0.3 is 0 Å². The lowest BCUT2D eigenvalue weighted by Gasteiger charge is -2.26. The molecule has 0 aromatic heterocycles. The van der Waals surface area contributed by atoms with Gasteiger partial charge in [-0.1, -0.05) is 12.1 Å². The Labute approximate surface area is 180 Å². The molecular weight excluding hydrogens is 425 g/mol. The summed E-state index contributed by atoms with van der Waals surface area (Å²) >= 11 is 0. The molecule has 31 heavy (non-hydrogen) atoms. The number of aryl methyl sites for hydroxylation is 1. The average Bonchev–Trinajstić information content (AvgIpc) is 2.79. The van der Waals surface area contributed by atoms with Crippen molar-refractivity contribution in [3.8, 4) is 0 Å². The van der Waals surface area contributed by atoms with E-state index in [1.165, 1.54) is 40.7 Å². The molecule has 0 bridgehead atoms. The summed E-state index contributed by atoms with van der Waals surface area (Å²) in [6.45, 7) is 3.06. The van der Waals surface area contributed by atoms with E-state index >= 15 is 0 Å². The fourth-order valence-electron chi connectivity index (χ4n) is 3.02. The molecule has 1 heterocycles. The first kappa shape index (κ1) is 22.9. The molecule has 166 valence electrons. The van der Waals surface area contributed by atoms with E-state index in [9.17, 15) is 22.4 Å². The zero-order chi connectivity index (χ0) is 22.4. The average molecular weight is 450 g/mol. The van der Waals surface area contributed by atoms with Crippen molar-refractivity contribution in [1.29, 1.82) is 0 Å². The number of hydrogen-bond acceptors (Lipinski definition) is 5. The summed E-state index contributed by atoms with van der Waals surface area (Å²) < 4.78 is 45.6. The first-order valence-corrected chi connectivity index (χ1v) is 11.2. The maximum atomic E-state index is 13.6. The van der Waals surface area contributed by atoms with Gasteiger partial charge in [-0.3, -0.25) is 9.59 Å². The van der Waals surface area contributed by atoms with Gasteiger partial charge in [0.05, 0.1) is 18.1 Å². The Bertz CT molecular complexity index is 1070. The van der Waals surface area contributed by atoms with Crippen LogP contribution in [0.2, 0.25) is 0 Å². The minimum Gasteiger partial charge on any atom is -0.379 e. The highest BCUT2D eigenvalue weighted by Gasteiger charge is 2.26. The predicted molar refractivity (Wildman–Crippen MR) is 112 cm³/mol. The Hall–Kier alpha value is -2.82. The Kier molecular flexibility index (Phi) is 7.37. The van der Waals surface area contributed by atoms with Crippen LogP contribution in [0.25, 0.3) is 0 Å². The number of carbonyl (C=O) groups excluding carboxylic acids is 2. The SMILES string of the molecule is Cc1ccc(C(=O)NCCNC(=O)c2cccc(S(=O)(=O)N3CCOCC3)c2)cc1F. The number of carbonyl (C=O) groups is 2. The number of rotatable bonds is 7. The van der Waals surface area contributed by atoms with Crippen LogP contribution >= 0.6 is 0 Å². The summed E-state index contributed by atoms with van der Waals surface area (Å²) in [5.41, 5.74) is 0.832. The van der Waals surface area contributed by atoms with Crippen LogP contribution in [0.4, 0.5) is 4.39 Å². The van der Waals surface area contributed by atoms with Crippen molar-refractivity contribution >= 4 is 21.8 Å². The second-order valence-electron chi connectivity index (χ2n) is 7.02. The molecule has 0 atom stereocenters. The van der Waals surface area contributed by atoms with E-state index in [1.807, 2.05) is 0 Å². The van der Waals surface area contributed by atoms with Crippen LogP contribution in [-0.2, 0) is 14.8 Å². The predicted octanol–water partition coefficient (Wildman–Crippen LogP) is 1.31. The van der Waals surface area contributed by atoms with Crippen molar-refractivity contribution in [1.82, 2.24) is 14.9 Å². The molecule has 0 radical (unpaired) electrons. The van der Waals surface area contributed by atoms with E-state index in [1.54, 1.807) is 6.92 Å². The normalized spacial score (nSPS) is 14.8. The van der Waals surface area contributed by atoms with Crippen LogP contribution in [0.15, 0.2) is 47.4 Å². The minimum absolute atomic E-state index is 0.0387. The summed E-state index contributed by atoms with van der Waals surface area (Å²) in [6, 6.07) is 9.99. The zero-order valence-corrected chi connectivity index (χ0v) is 17.9. The summed E-state index contributed by atoms with van der Waals surface area (Å²) in [4.78, 5) is 24.5. The fraction of sp³-hybridized carbons (Fsp3) is 0.333. The third-order valence-electron chi connectivity index (χ3n) is 4.83. The highest BCUT2D eigenvalue weighted by Crippen LogP contribution is 2.18. The maximum Gasteiger partial charge on any atom is 0.251 e. The second-order valence-corrected chi connectivity index (χ2v) is 8.96. The molecule has 0 aliphatic carbocycles. The molecule has 2 N–H and O–H groups in total. The smallest absolute Gasteiger partial charge is 0.251 e. The number of nitrogens with one attached hydrogen (secondary N) is 2. The Morgan fingerprint density at radius 1 is 1.00 bits per heavy atom. The standard InChI is InChI=1S/C21H24FN3O5S/c1-15-5-6-17(14-19(15)22)21(27)24-8-7-23-20(26)16-3-2-4-18(13-16)31(28,29)25-9-11-30-12-10-25/h2-6,13-14H,7-12H2,1H3,(H,23,26)(H,24,27). The van der Waals surface area contributed by atoms with Crippen LogP contribution in [-0.4, -0.2) is 63.9 Å². The number of benzene rings is 2. The molecule has 0 unspecified atom stereocenters. The lowest BCUT2D eigenvalue weighted by atomic mass is 10.1. The van der Waals surface area contributed by atoms with Crippen molar-refractivity contribution in [3.05, 3.63) is 65.0 Å². The Morgan fingerprint density at radius 3 is 2.23 bits per heavy atom. The topological polar surface area (TPSA) is 105 Å². The van der Waals surface area contributed by atoms with Gasteiger partial charge in [0.1, 0.15) is 5.82 Å². The summed E-state index contributed by atoms with van der Waals surface area (Å²) in [7, 11) is -3.71. The molecule has 1 fully saturated rings. The van der Waals surface area contributed by atoms with Gasteiger partial charge in [0.2, 0.25) is 10.0 Å². The molecule has 2 aromatic rings. The van der Waals surface area contributed by atoms with Gasteiger partial charge in [0.15, 0.2) is 0 Å². The molecule has 1 aliphatic rings. The second kappa shape index (κ2) is 9.99. The molecule has 10 heteroatoms. The maximum absolute atomic E-state index is 13.6. The highest BCUT2D eigenvalue weighted by atomic mass is 32.2. The molecular formula is C21H24FN3O5S. The first-order valence-electron chi connectivity index (χ1n) is 9.79. The highest BCUT2D eigenvalue weighted by molar-refractivity contribution is 7.89. The van der Waals surface area contributed by atoms with Crippen molar-refractivity contribution in [3.63, 3.8) is 0 Å². The number of morpholine rings is 1. The molecule has 2 amide bonds. The molecule has 1 aliphatic heterocycles. The van der Waals surface area contributed by atoms with E-state index in [0.717, 1.165) is 6.07 Å². The van der Waals surface area contributed by atoms with E-state index < -0.39 is 27.7 Å². The Balaban J connectivity index is 1.54. The van der Waals surface area contributed by atoms with Crippen LogP contribution in [0.3, 0.4) is 0 Å². The van der Waals surface area contributed by atoms with Gasteiger partial charge in [-0.05, 0) is 42.8 Å². The van der Waals surface area contributed by atoms with Crippen LogP contribution in [0, 0.1) is 12.7 Å². The summed E-state index contributed by atoms with van der Waals surface area (Å²) in [5.74, 6) is -1.38. The van der Waals surface area contributed by atoms with E-state index in [2.05, 4.69) is 10.6 Å². The largest absolute Gasteiger partial charge is 0.379 e. The van der Waals surface area contributed by atoms with Crippen LogP contribution in [0.1, 0.15) is 26.3 Å².